The molecule has 0 bridgehead atoms. The molecule has 0 heterocycles. The van der Waals surface area contributed by atoms with Crippen LogP contribution >= 0.6 is 0 Å². The van der Waals surface area contributed by atoms with Crippen molar-refractivity contribution in [3.05, 3.63) is 0 Å². The fourth-order valence-electron chi connectivity index (χ4n) is 2.07. The van der Waals surface area contributed by atoms with Crippen LogP contribution in [0.15, 0.2) is 0 Å². The maximum atomic E-state index is 11.4. The van der Waals surface area contributed by atoms with E-state index in [1.807, 2.05) is 0 Å². The molecule has 2 aliphatic rings. The Balaban J connectivity index is 1.74. The molecule has 2 aliphatic carbocycles. The first-order valence-corrected chi connectivity index (χ1v) is 4.89. The molecule has 0 unspecified atom stereocenters. The lowest BCUT2D eigenvalue weighted by atomic mass is 9.99. The van der Waals surface area contributed by atoms with Crippen molar-refractivity contribution in [2.45, 2.75) is 44.9 Å². The van der Waals surface area contributed by atoms with Crippen molar-refractivity contribution < 1.29 is 4.79 Å². The van der Waals surface area contributed by atoms with Crippen LogP contribution in [0.1, 0.15) is 44.9 Å². The Morgan fingerprint density at radius 1 is 1.09 bits per heavy atom. The van der Waals surface area contributed by atoms with Crippen LogP contribution in [0.5, 0.6) is 0 Å². The van der Waals surface area contributed by atoms with Gasteiger partial charge >= 0.3 is 0 Å². The number of Topliss-reactive ketones (excluding diaryl/α,β-unsaturated/α-hetero) is 1. The van der Waals surface area contributed by atoms with Gasteiger partial charge < -0.3 is 0 Å². The van der Waals surface area contributed by atoms with Gasteiger partial charge in [-0.3, -0.25) is 4.79 Å². The maximum absolute atomic E-state index is 11.4. The average molecular weight is 152 g/mol. The minimum Gasteiger partial charge on any atom is -0.299 e. The zero-order valence-corrected chi connectivity index (χ0v) is 7.01. The molecule has 0 aromatic heterocycles. The summed E-state index contributed by atoms with van der Waals surface area (Å²) in [4.78, 5) is 11.4. The lowest BCUT2D eigenvalue weighted by molar-refractivity contribution is -0.121. The molecule has 0 aromatic rings. The zero-order valence-electron chi connectivity index (χ0n) is 7.01. The lowest BCUT2D eigenvalue weighted by Gasteiger charge is -2.05. The van der Waals surface area contributed by atoms with Crippen molar-refractivity contribution in [2.24, 2.45) is 11.8 Å². The molecule has 11 heavy (non-hydrogen) atoms. The van der Waals surface area contributed by atoms with Crippen LogP contribution < -0.4 is 0 Å². The fourth-order valence-corrected chi connectivity index (χ4v) is 2.07. The van der Waals surface area contributed by atoms with Gasteiger partial charge in [0.05, 0.1) is 0 Å². The summed E-state index contributed by atoms with van der Waals surface area (Å²) in [7, 11) is 0. The third kappa shape index (κ3) is 1.82. The number of carbonyl (C=O) groups is 1. The van der Waals surface area contributed by atoms with Crippen LogP contribution in [0, 0.1) is 11.8 Å². The highest BCUT2D eigenvalue weighted by Crippen LogP contribution is 2.35. The van der Waals surface area contributed by atoms with E-state index >= 15 is 0 Å². The van der Waals surface area contributed by atoms with Crippen LogP contribution in [-0.2, 0) is 4.79 Å². The molecule has 2 fully saturated rings. The molecular weight excluding hydrogens is 136 g/mol. The van der Waals surface area contributed by atoms with Crippen LogP contribution in [-0.4, -0.2) is 5.78 Å². The Morgan fingerprint density at radius 3 is 2.27 bits per heavy atom. The molecule has 0 spiro atoms. The summed E-state index contributed by atoms with van der Waals surface area (Å²) in [6.45, 7) is 0. The largest absolute Gasteiger partial charge is 0.299 e. The van der Waals surface area contributed by atoms with Gasteiger partial charge in [-0.25, -0.2) is 0 Å². The molecule has 62 valence electrons. The van der Waals surface area contributed by atoms with Crippen molar-refractivity contribution in [2.75, 3.05) is 0 Å². The summed E-state index contributed by atoms with van der Waals surface area (Å²) in [5.74, 6) is 1.83. The van der Waals surface area contributed by atoms with Crippen LogP contribution in [0.2, 0.25) is 0 Å². The topological polar surface area (TPSA) is 17.1 Å². The lowest BCUT2D eigenvalue weighted by Crippen LogP contribution is -2.06. The third-order valence-electron chi connectivity index (χ3n) is 3.00. The van der Waals surface area contributed by atoms with Crippen LogP contribution in [0.3, 0.4) is 0 Å². The van der Waals surface area contributed by atoms with Gasteiger partial charge in [0.25, 0.3) is 0 Å². The van der Waals surface area contributed by atoms with E-state index in [1.165, 1.54) is 38.5 Å². The molecule has 1 nitrogen and oxygen atoms in total. The Morgan fingerprint density at radius 2 is 1.73 bits per heavy atom. The number of hydrogen-bond donors (Lipinski definition) is 0. The molecule has 2 rings (SSSR count). The molecule has 0 aliphatic heterocycles. The summed E-state index contributed by atoms with van der Waals surface area (Å²) in [5, 5.41) is 0. The van der Waals surface area contributed by atoms with Crippen LogP contribution in [0.4, 0.5) is 0 Å². The Kier molecular flexibility index (Phi) is 1.97. The molecule has 0 amide bonds. The van der Waals surface area contributed by atoms with Crippen molar-refractivity contribution in [3.63, 3.8) is 0 Å². The van der Waals surface area contributed by atoms with Gasteiger partial charge in [0.15, 0.2) is 0 Å². The van der Waals surface area contributed by atoms with E-state index in [0.717, 1.165) is 12.3 Å². The predicted octanol–water partition coefficient (Wildman–Crippen LogP) is 2.55. The minimum atomic E-state index is 0.496. The fraction of sp³-hybridized carbons (Fsp3) is 0.900. The van der Waals surface area contributed by atoms with Gasteiger partial charge in [0, 0.05) is 12.3 Å². The highest BCUT2D eigenvalue weighted by molar-refractivity contribution is 5.83. The normalized spacial score (nSPS) is 25.8. The first kappa shape index (κ1) is 7.33. The second kappa shape index (κ2) is 2.96. The van der Waals surface area contributed by atoms with E-state index in [0.29, 0.717) is 11.7 Å². The first-order valence-electron chi connectivity index (χ1n) is 4.89. The number of ketones is 1. The highest BCUT2D eigenvalue weighted by atomic mass is 16.1. The third-order valence-corrected chi connectivity index (χ3v) is 3.00. The van der Waals surface area contributed by atoms with Crippen molar-refractivity contribution in [1.82, 2.24) is 0 Å². The molecule has 0 atom stereocenters. The second-order valence-electron chi connectivity index (χ2n) is 4.10. The summed E-state index contributed by atoms with van der Waals surface area (Å²) in [6, 6.07) is 0. The van der Waals surface area contributed by atoms with Crippen molar-refractivity contribution in [3.8, 4) is 0 Å². The van der Waals surface area contributed by atoms with E-state index in [-0.39, 0.29) is 0 Å². The summed E-state index contributed by atoms with van der Waals surface area (Å²) in [5.41, 5.74) is 0. The van der Waals surface area contributed by atoms with Gasteiger partial charge in [-0.2, -0.15) is 0 Å². The molecular formula is C10H16O. The monoisotopic (exact) mass is 152 g/mol. The molecule has 0 aromatic carbocycles. The molecule has 0 saturated heterocycles. The molecule has 2 saturated carbocycles. The molecule has 0 radical (unpaired) electrons. The van der Waals surface area contributed by atoms with Crippen LogP contribution in [0.25, 0.3) is 0 Å². The zero-order chi connectivity index (χ0) is 7.68. The van der Waals surface area contributed by atoms with E-state index < -0.39 is 0 Å². The highest BCUT2D eigenvalue weighted by Gasteiger charge is 2.31. The number of rotatable bonds is 3. The predicted molar refractivity (Wildman–Crippen MR) is 44.3 cm³/mol. The maximum Gasteiger partial charge on any atom is 0.136 e. The smallest absolute Gasteiger partial charge is 0.136 e. The minimum absolute atomic E-state index is 0.496. The number of hydrogen-bond acceptors (Lipinski definition) is 1. The van der Waals surface area contributed by atoms with E-state index in [4.69, 9.17) is 0 Å². The Bertz CT molecular complexity index is 152. The van der Waals surface area contributed by atoms with E-state index in [9.17, 15) is 4.79 Å². The van der Waals surface area contributed by atoms with Gasteiger partial charge in [0.1, 0.15) is 5.78 Å². The van der Waals surface area contributed by atoms with Crippen molar-refractivity contribution >= 4 is 5.78 Å². The molecule has 1 heteroatoms. The van der Waals surface area contributed by atoms with Gasteiger partial charge in [-0.05, 0) is 18.8 Å². The van der Waals surface area contributed by atoms with E-state index in [2.05, 4.69) is 0 Å². The first-order chi connectivity index (χ1) is 5.36. The van der Waals surface area contributed by atoms with Gasteiger partial charge in [-0.15, -0.1) is 0 Å². The quantitative estimate of drug-likeness (QED) is 0.607. The van der Waals surface area contributed by atoms with Crippen molar-refractivity contribution in [1.29, 1.82) is 0 Å². The second-order valence-corrected chi connectivity index (χ2v) is 4.10. The standard InChI is InChI=1S/C10H16O/c11-10(9-5-6-9)7-8-3-1-2-4-8/h8-9H,1-7H2. The Hall–Kier alpha value is -0.330. The molecule has 0 N–H and O–H groups in total. The summed E-state index contributed by atoms with van der Waals surface area (Å²) in [6.07, 6.45) is 8.64. The average Bonchev–Trinajstić information content (AvgIpc) is 2.73. The van der Waals surface area contributed by atoms with E-state index in [1.54, 1.807) is 0 Å². The van der Waals surface area contributed by atoms with Gasteiger partial charge in [0.2, 0.25) is 0 Å². The Labute approximate surface area is 68.2 Å². The summed E-state index contributed by atoms with van der Waals surface area (Å²) < 4.78 is 0. The SMILES string of the molecule is O=C(CC1CCCC1)C1CC1. The number of carbonyl (C=O) groups excluding carboxylic acids is 1. The van der Waals surface area contributed by atoms with Gasteiger partial charge in [-0.1, -0.05) is 25.7 Å². The summed E-state index contributed by atoms with van der Waals surface area (Å²) >= 11 is 0.